The van der Waals surface area contributed by atoms with Gasteiger partial charge in [-0.3, -0.25) is 9.48 Å². The summed E-state index contributed by atoms with van der Waals surface area (Å²) in [5, 5.41) is 13.7. The van der Waals surface area contributed by atoms with Crippen LogP contribution >= 0.6 is 11.8 Å². The van der Waals surface area contributed by atoms with Gasteiger partial charge < -0.3 is 9.67 Å². The van der Waals surface area contributed by atoms with Gasteiger partial charge in [0.05, 0.1) is 12.3 Å². The lowest BCUT2D eigenvalue weighted by Gasteiger charge is -2.07. The average Bonchev–Trinajstić information content (AvgIpc) is 3.10. The van der Waals surface area contributed by atoms with Gasteiger partial charge in [0, 0.05) is 25.1 Å². The summed E-state index contributed by atoms with van der Waals surface area (Å²) in [4.78, 5) is 19.6. The van der Waals surface area contributed by atoms with Crippen LogP contribution in [-0.2, 0) is 17.9 Å². The molecule has 0 amide bonds. The smallest absolute Gasteiger partial charge is 0.313 e. The molecule has 21 heavy (non-hydrogen) atoms. The molecule has 0 atom stereocenters. The lowest BCUT2D eigenvalue weighted by atomic mass is 10.4. The maximum atomic E-state index is 10.8. The molecule has 8 heteroatoms. The summed E-state index contributed by atoms with van der Waals surface area (Å²) >= 11 is 1.20. The van der Waals surface area contributed by atoms with Crippen LogP contribution in [0.25, 0.3) is 11.2 Å². The van der Waals surface area contributed by atoms with E-state index in [-0.39, 0.29) is 5.75 Å². The lowest BCUT2D eigenvalue weighted by molar-refractivity contribution is -0.133. The van der Waals surface area contributed by atoms with Crippen molar-refractivity contribution >= 4 is 28.9 Å². The molecule has 0 aliphatic carbocycles. The molecule has 0 unspecified atom stereocenters. The first-order valence-corrected chi connectivity index (χ1v) is 7.36. The number of carboxylic acid groups (broad SMARTS) is 1. The van der Waals surface area contributed by atoms with Gasteiger partial charge >= 0.3 is 5.97 Å². The van der Waals surface area contributed by atoms with Crippen LogP contribution in [0.1, 0.15) is 0 Å². The number of rotatable bonds is 6. The van der Waals surface area contributed by atoms with Crippen molar-refractivity contribution in [3.05, 3.63) is 36.8 Å². The van der Waals surface area contributed by atoms with Gasteiger partial charge in [-0.1, -0.05) is 11.8 Å². The number of aromatic nitrogens is 5. The van der Waals surface area contributed by atoms with E-state index in [1.54, 1.807) is 12.4 Å². The molecule has 0 aliphatic rings. The standard InChI is InChI=1S/C13H13N5O2S/c19-11(20)9-21-13-16-10-3-1-4-14-12(10)18(13)8-7-17-6-2-5-15-17/h1-6H,7-9H2,(H,19,20). The van der Waals surface area contributed by atoms with Gasteiger partial charge in [-0.2, -0.15) is 5.10 Å². The number of nitrogens with zero attached hydrogens (tertiary/aromatic N) is 5. The minimum atomic E-state index is -0.862. The highest BCUT2D eigenvalue weighted by molar-refractivity contribution is 7.99. The van der Waals surface area contributed by atoms with Gasteiger partial charge in [0.25, 0.3) is 0 Å². The van der Waals surface area contributed by atoms with Gasteiger partial charge in [-0.15, -0.1) is 0 Å². The second kappa shape index (κ2) is 5.96. The molecule has 0 saturated carbocycles. The molecule has 7 nitrogen and oxygen atoms in total. The lowest BCUT2D eigenvalue weighted by Crippen LogP contribution is -2.10. The van der Waals surface area contributed by atoms with Crippen molar-refractivity contribution in [2.75, 3.05) is 5.75 Å². The zero-order chi connectivity index (χ0) is 14.7. The summed E-state index contributed by atoms with van der Waals surface area (Å²) in [5.74, 6) is -0.885. The van der Waals surface area contributed by atoms with Crippen LogP contribution < -0.4 is 0 Å². The molecule has 0 saturated heterocycles. The predicted molar refractivity (Wildman–Crippen MR) is 78.1 cm³/mol. The predicted octanol–water partition coefficient (Wildman–Crippen LogP) is 1.50. The SMILES string of the molecule is O=C(O)CSc1nc2cccnc2n1CCn1cccn1. The summed E-state index contributed by atoms with van der Waals surface area (Å²) in [5.41, 5.74) is 1.53. The number of fused-ring (bicyclic) bond motifs is 1. The first kappa shape index (κ1) is 13.6. The monoisotopic (exact) mass is 303 g/mol. The van der Waals surface area contributed by atoms with Crippen molar-refractivity contribution in [2.24, 2.45) is 0 Å². The van der Waals surface area contributed by atoms with Gasteiger partial charge in [0.2, 0.25) is 0 Å². The number of carbonyl (C=O) groups is 1. The fourth-order valence-electron chi connectivity index (χ4n) is 2.01. The van der Waals surface area contributed by atoms with Crippen LogP contribution in [0.4, 0.5) is 0 Å². The van der Waals surface area contributed by atoms with E-state index in [1.807, 2.05) is 33.6 Å². The molecule has 3 aromatic heterocycles. The summed E-state index contributed by atoms with van der Waals surface area (Å²) < 4.78 is 3.75. The number of aliphatic carboxylic acids is 1. The Bertz CT molecular complexity index is 753. The quantitative estimate of drug-likeness (QED) is 0.695. The molecule has 0 bridgehead atoms. The number of hydrogen-bond donors (Lipinski definition) is 1. The van der Waals surface area contributed by atoms with Crippen LogP contribution in [0.2, 0.25) is 0 Å². The number of imidazole rings is 1. The van der Waals surface area contributed by atoms with Crippen LogP contribution in [-0.4, -0.2) is 41.1 Å². The van der Waals surface area contributed by atoms with E-state index in [0.29, 0.717) is 18.2 Å². The Kier molecular flexibility index (Phi) is 3.87. The number of aryl methyl sites for hydroxylation is 2. The summed E-state index contributed by atoms with van der Waals surface area (Å²) in [6.07, 6.45) is 5.32. The molecule has 3 aromatic rings. The molecule has 0 spiro atoms. The fourth-order valence-corrected chi connectivity index (χ4v) is 2.76. The van der Waals surface area contributed by atoms with Crippen LogP contribution in [0.3, 0.4) is 0 Å². The Morgan fingerprint density at radius 1 is 1.29 bits per heavy atom. The van der Waals surface area contributed by atoms with Gasteiger partial charge in [-0.05, 0) is 18.2 Å². The maximum absolute atomic E-state index is 10.8. The van der Waals surface area contributed by atoms with Crippen molar-refractivity contribution in [3.63, 3.8) is 0 Å². The maximum Gasteiger partial charge on any atom is 0.313 e. The molecule has 3 rings (SSSR count). The molecule has 1 N–H and O–H groups in total. The van der Waals surface area contributed by atoms with Gasteiger partial charge in [0.1, 0.15) is 5.52 Å². The highest BCUT2D eigenvalue weighted by atomic mass is 32.2. The van der Waals surface area contributed by atoms with E-state index >= 15 is 0 Å². The van der Waals surface area contributed by atoms with Crippen LogP contribution in [0.15, 0.2) is 41.9 Å². The molecule has 108 valence electrons. The average molecular weight is 303 g/mol. The molecular weight excluding hydrogens is 290 g/mol. The number of thioether (sulfide) groups is 1. The minimum Gasteiger partial charge on any atom is -0.481 e. The number of pyridine rings is 1. The normalized spacial score (nSPS) is 11.0. The van der Waals surface area contributed by atoms with Crippen molar-refractivity contribution < 1.29 is 9.90 Å². The molecule has 3 heterocycles. The summed E-state index contributed by atoms with van der Waals surface area (Å²) in [6, 6.07) is 5.56. The van der Waals surface area contributed by atoms with Crippen LogP contribution in [0.5, 0.6) is 0 Å². The zero-order valence-corrected chi connectivity index (χ0v) is 11.9. The van der Waals surface area contributed by atoms with Crippen molar-refractivity contribution in [1.29, 1.82) is 0 Å². The van der Waals surface area contributed by atoms with E-state index in [1.165, 1.54) is 11.8 Å². The molecule has 0 fully saturated rings. The zero-order valence-electron chi connectivity index (χ0n) is 11.1. The topological polar surface area (TPSA) is 85.8 Å². The van der Waals surface area contributed by atoms with E-state index in [2.05, 4.69) is 15.1 Å². The third kappa shape index (κ3) is 3.05. The first-order chi connectivity index (χ1) is 10.2. The minimum absolute atomic E-state index is 0.0227. The van der Waals surface area contributed by atoms with Crippen molar-refractivity contribution in [2.45, 2.75) is 18.2 Å². The fraction of sp³-hybridized carbons (Fsp3) is 0.231. The van der Waals surface area contributed by atoms with Crippen molar-refractivity contribution in [1.82, 2.24) is 24.3 Å². The molecular formula is C13H13N5O2S. The van der Waals surface area contributed by atoms with Gasteiger partial charge in [0.15, 0.2) is 10.8 Å². The Morgan fingerprint density at radius 2 is 2.19 bits per heavy atom. The molecule has 0 aromatic carbocycles. The van der Waals surface area contributed by atoms with Gasteiger partial charge in [-0.25, -0.2) is 9.97 Å². The molecule has 0 radical (unpaired) electrons. The van der Waals surface area contributed by atoms with Crippen LogP contribution in [0, 0.1) is 0 Å². The third-order valence-electron chi connectivity index (χ3n) is 2.91. The highest BCUT2D eigenvalue weighted by Crippen LogP contribution is 2.22. The number of carboxylic acids is 1. The Morgan fingerprint density at radius 3 is 2.95 bits per heavy atom. The molecule has 0 aliphatic heterocycles. The third-order valence-corrected chi connectivity index (χ3v) is 3.87. The second-order valence-electron chi connectivity index (χ2n) is 4.34. The largest absolute Gasteiger partial charge is 0.481 e. The first-order valence-electron chi connectivity index (χ1n) is 6.37. The van der Waals surface area contributed by atoms with Crippen molar-refractivity contribution in [3.8, 4) is 0 Å². The Hall–Kier alpha value is -2.35. The summed E-state index contributed by atoms with van der Waals surface area (Å²) in [7, 11) is 0. The van der Waals surface area contributed by atoms with E-state index in [4.69, 9.17) is 5.11 Å². The van der Waals surface area contributed by atoms with E-state index < -0.39 is 5.97 Å². The second-order valence-corrected chi connectivity index (χ2v) is 5.29. The Balaban J connectivity index is 1.89. The highest BCUT2D eigenvalue weighted by Gasteiger charge is 2.13. The van der Waals surface area contributed by atoms with E-state index in [9.17, 15) is 4.79 Å². The summed E-state index contributed by atoms with van der Waals surface area (Å²) in [6.45, 7) is 1.31. The number of hydrogen-bond acceptors (Lipinski definition) is 5. The van der Waals surface area contributed by atoms with E-state index in [0.717, 1.165) is 11.2 Å². The Labute approximate surface area is 124 Å².